The second kappa shape index (κ2) is 6.24. The van der Waals surface area contributed by atoms with E-state index in [1.165, 1.54) is 24.0 Å². The Labute approximate surface area is 147 Å². The normalized spacial score (nSPS) is 15.1. The average molecular weight is 334 g/mol. The van der Waals surface area contributed by atoms with Crippen LogP contribution in [0.2, 0.25) is 0 Å². The Bertz CT molecular complexity index is 906. The predicted octanol–water partition coefficient (Wildman–Crippen LogP) is 4.27. The molecule has 5 heteroatoms. The summed E-state index contributed by atoms with van der Waals surface area (Å²) in [6.07, 6.45) is 2.40. The van der Waals surface area contributed by atoms with Gasteiger partial charge < -0.3 is 15.8 Å². The Morgan fingerprint density at radius 3 is 2.60 bits per heavy atom. The first-order valence-corrected chi connectivity index (χ1v) is 8.62. The maximum atomic E-state index is 6.29. The molecular weight excluding hydrogens is 312 g/mol. The molecule has 3 N–H and O–H groups in total. The molecule has 5 nitrogen and oxygen atoms in total. The van der Waals surface area contributed by atoms with Crippen LogP contribution in [0.15, 0.2) is 42.5 Å². The van der Waals surface area contributed by atoms with Crippen LogP contribution in [0.5, 0.6) is 6.01 Å². The van der Waals surface area contributed by atoms with Gasteiger partial charge in [-0.25, -0.2) is 0 Å². The van der Waals surface area contributed by atoms with Gasteiger partial charge in [0, 0.05) is 17.1 Å². The van der Waals surface area contributed by atoms with Crippen molar-refractivity contribution in [2.45, 2.75) is 31.7 Å². The number of aromatic nitrogens is 2. The summed E-state index contributed by atoms with van der Waals surface area (Å²) in [4.78, 5) is 9.03. The second-order valence-corrected chi connectivity index (χ2v) is 6.61. The molecule has 25 heavy (non-hydrogen) atoms. The molecule has 1 aliphatic carbocycles. The Morgan fingerprint density at radius 2 is 1.92 bits per heavy atom. The molecule has 0 amide bonds. The summed E-state index contributed by atoms with van der Waals surface area (Å²) in [6.45, 7) is 2.11. The fourth-order valence-corrected chi connectivity index (χ4v) is 3.17. The van der Waals surface area contributed by atoms with Gasteiger partial charge in [-0.3, -0.25) is 0 Å². The molecule has 1 atom stereocenters. The van der Waals surface area contributed by atoms with Crippen molar-refractivity contribution in [1.82, 2.24) is 9.97 Å². The van der Waals surface area contributed by atoms with E-state index in [0.29, 0.717) is 11.9 Å². The first kappa shape index (κ1) is 15.7. The third kappa shape index (κ3) is 3.09. The number of nitrogens with one attached hydrogen (secondary N) is 1. The van der Waals surface area contributed by atoms with E-state index < -0.39 is 0 Å². The fourth-order valence-electron chi connectivity index (χ4n) is 3.17. The molecule has 128 valence electrons. The van der Waals surface area contributed by atoms with Crippen LogP contribution in [-0.4, -0.2) is 17.1 Å². The highest BCUT2D eigenvalue weighted by atomic mass is 16.5. The third-order valence-corrected chi connectivity index (χ3v) is 4.73. The van der Waals surface area contributed by atoms with Crippen molar-refractivity contribution in [3.05, 3.63) is 53.6 Å². The number of benzene rings is 2. The molecule has 0 spiro atoms. The third-order valence-electron chi connectivity index (χ3n) is 4.73. The summed E-state index contributed by atoms with van der Waals surface area (Å²) in [5, 5.41) is 4.40. The van der Waals surface area contributed by atoms with Crippen molar-refractivity contribution in [3.8, 4) is 6.01 Å². The lowest BCUT2D eigenvalue weighted by Crippen LogP contribution is -2.10. The molecule has 0 saturated heterocycles. The van der Waals surface area contributed by atoms with Gasteiger partial charge >= 0.3 is 6.01 Å². The standard InChI is InChI=1S/C20H22N4O/c1-12(13-6-4-3-5-7-13)22-19-16-10-17(21)15(14-8-9-14)11-18(16)23-20(24-19)25-2/h3-7,10-12,14H,8-9,21H2,1-2H3,(H,22,23,24). The van der Waals surface area contributed by atoms with E-state index in [9.17, 15) is 0 Å². The minimum absolute atomic E-state index is 0.105. The quantitative estimate of drug-likeness (QED) is 0.682. The number of nitrogen functional groups attached to an aromatic ring is 1. The highest BCUT2D eigenvalue weighted by molar-refractivity contribution is 5.93. The van der Waals surface area contributed by atoms with Crippen molar-refractivity contribution >= 4 is 22.4 Å². The smallest absolute Gasteiger partial charge is 0.318 e. The van der Waals surface area contributed by atoms with E-state index in [-0.39, 0.29) is 6.04 Å². The highest BCUT2D eigenvalue weighted by Crippen LogP contribution is 2.44. The number of nitrogens with zero attached hydrogens (tertiary/aromatic N) is 2. The number of anilines is 2. The van der Waals surface area contributed by atoms with Crippen molar-refractivity contribution in [1.29, 1.82) is 0 Å². The van der Waals surface area contributed by atoms with Crippen molar-refractivity contribution in [2.24, 2.45) is 0 Å². The molecule has 1 unspecified atom stereocenters. The van der Waals surface area contributed by atoms with Gasteiger partial charge in [0.25, 0.3) is 0 Å². The van der Waals surface area contributed by atoms with Crippen LogP contribution < -0.4 is 15.8 Å². The van der Waals surface area contributed by atoms with Gasteiger partial charge in [-0.1, -0.05) is 30.3 Å². The predicted molar refractivity (Wildman–Crippen MR) is 101 cm³/mol. The van der Waals surface area contributed by atoms with E-state index in [0.717, 1.165) is 22.4 Å². The van der Waals surface area contributed by atoms with E-state index >= 15 is 0 Å². The van der Waals surface area contributed by atoms with E-state index in [2.05, 4.69) is 40.4 Å². The maximum Gasteiger partial charge on any atom is 0.318 e. The van der Waals surface area contributed by atoms with Gasteiger partial charge in [0.05, 0.1) is 12.6 Å². The summed E-state index contributed by atoms with van der Waals surface area (Å²) >= 11 is 0. The number of nitrogens with two attached hydrogens (primary N) is 1. The van der Waals surface area contributed by atoms with E-state index in [4.69, 9.17) is 10.5 Å². The highest BCUT2D eigenvalue weighted by Gasteiger charge is 2.26. The van der Waals surface area contributed by atoms with Gasteiger partial charge in [-0.2, -0.15) is 9.97 Å². The zero-order chi connectivity index (χ0) is 17.4. The average Bonchev–Trinajstić information content (AvgIpc) is 3.47. The van der Waals surface area contributed by atoms with Crippen LogP contribution in [0.25, 0.3) is 10.9 Å². The van der Waals surface area contributed by atoms with Crippen LogP contribution >= 0.6 is 0 Å². The molecule has 1 heterocycles. The number of fused-ring (bicyclic) bond motifs is 1. The first-order valence-electron chi connectivity index (χ1n) is 8.62. The van der Waals surface area contributed by atoms with Gasteiger partial charge in [0.15, 0.2) is 0 Å². The Hall–Kier alpha value is -2.82. The first-order chi connectivity index (χ1) is 12.2. The van der Waals surface area contributed by atoms with Crippen LogP contribution in [-0.2, 0) is 0 Å². The lowest BCUT2D eigenvalue weighted by molar-refractivity contribution is 0.382. The van der Waals surface area contributed by atoms with Crippen molar-refractivity contribution < 1.29 is 4.74 Å². The lowest BCUT2D eigenvalue weighted by Gasteiger charge is -2.17. The molecule has 1 fully saturated rings. The zero-order valence-electron chi connectivity index (χ0n) is 14.5. The summed E-state index contributed by atoms with van der Waals surface area (Å²) in [7, 11) is 1.59. The summed E-state index contributed by atoms with van der Waals surface area (Å²) in [5.74, 6) is 1.32. The molecule has 0 aliphatic heterocycles. The number of hydrogen-bond acceptors (Lipinski definition) is 5. The van der Waals surface area contributed by atoms with E-state index in [1.54, 1.807) is 7.11 Å². The molecule has 1 aliphatic rings. The van der Waals surface area contributed by atoms with Crippen molar-refractivity contribution in [2.75, 3.05) is 18.2 Å². The molecule has 1 saturated carbocycles. The Balaban J connectivity index is 1.77. The van der Waals surface area contributed by atoms with Gasteiger partial charge in [-0.15, -0.1) is 0 Å². The summed E-state index contributed by atoms with van der Waals surface area (Å²) in [6, 6.07) is 14.8. The minimum atomic E-state index is 0.105. The molecule has 3 aromatic rings. The molecule has 2 aromatic carbocycles. The number of methoxy groups -OCH3 is 1. The number of hydrogen-bond donors (Lipinski definition) is 2. The number of ether oxygens (including phenoxy) is 1. The van der Waals surface area contributed by atoms with Crippen LogP contribution in [0.4, 0.5) is 11.5 Å². The summed E-state index contributed by atoms with van der Waals surface area (Å²) < 4.78 is 5.30. The lowest BCUT2D eigenvalue weighted by atomic mass is 10.0. The van der Waals surface area contributed by atoms with Gasteiger partial charge in [0.1, 0.15) is 5.82 Å². The van der Waals surface area contributed by atoms with Crippen LogP contribution in [0.1, 0.15) is 42.9 Å². The molecule has 4 rings (SSSR count). The Morgan fingerprint density at radius 1 is 1.16 bits per heavy atom. The maximum absolute atomic E-state index is 6.29. The SMILES string of the molecule is COc1nc(NC(C)c2ccccc2)c2cc(N)c(C3CC3)cc2n1. The minimum Gasteiger partial charge on any atom is -0.467 e. The van der Waals surface area contributed by atoms with Gasteiger partial charge in [0.2, 0.25) is 0 Å². The monoisotopic (exact) mass is 334 g/mol. The Kier molecular flexibility index (Phi) is 3.92. The van der Waals surface area contributed by atoms with Crippen LogP contribution in [0.3, 0.4) is 0 Å². The zero-order valence-corrected chi connectivity index (χ0v) is 14.5. The summed E-state index contributed by atoms with van der Waals surface area (Å²) in [5.41, 5.74) is 10.4. The van der Waals surface area contributed by atoms with Crippen molar-refractivity contribution in [3.63, 3.8) is 0 Å². The topological polar surface area (TPSA) is 73.1 Å². The number of rotatable bonds is 5. The molecule has 0 bridgehead atoms. The second-order valence-electron chi connectivity index (χ2n) is 6.61. The molecule has 0 radical (unpaired) electrons. The van der Waals surface area contributed by atoms with Gasteiger partial charge in [-0.05, 0) is 48.9 Å². The largest absolute Gasteiger partial charge is 0.467 e. The fraction of sp³-hybridized carbons (Fsp3) is 0.300. The molecule has 1 aromatic heterocycles. The molecular formula is C20H22N4O. The van der Waals surface area contributed by atoms with E-state index in [1.807, 2.05) is 24.3 Å². The van der Waals surface area contributed by atoms with Crippen LogP contribution in [0, 0.1) is 0 Å².